The molecule has 1 aliphatic heterocycles. The van der Waals surface area contributed by atoms with Gasteiger partial charge in [-0.2, -0.15) is 0 Å². The summed E-state index contributed by atoms with van der Waals surface area (Å²) in [6, 6.07) is 9.10. The molecule has 1 aromatic carbocycles. The molecule has 0 fully saturated rings. The molecule has 3 heterocycles. The van der Waals surface area contributed by atoms with Crippen molar-refractivity contribution in [3.63, 3.8) is 0 Å². The van der Waals surface area contributed by atoms with Crippen molar-refractivity contribution in [1.29, 1.82) is 0 Å². The van der Waals surface area contributed by atoms with Crippen LogP contribution in [0.3, 0.4) is 0 Å². The summed E-state index contributed by atoms with van der Waals surface area (Å²) in [6.45, 7) is 1.19. The molecule has 0 saturated carbocycles. The smallest absolute Gasteiger partial charge is 0.282 e. The first-order valence-corrected chi connectivity index (χ1v) is 8.52. The molecule has 0 atom stereocenters. The van der Waals surface area contributed by atoms with Gasteiger partial charge in [0.15, 0.2) is 5.69 Å². The van der Waals surface area contributed by atoms with Crippen molar-refractivity contribution in [2.45, 2.75) is 6.54 Å². The van der Waals surface area contributed by atoms with Crippen LogP contribution in [0, 0.1) is 0 Å². The fourth-order valence-corrected chi connectivity index (χ4v) is 3.57. The molecular formula is C15H10Cl2N4OS. The molecule has 8 heteroatoms. The van der Waals surface area contributed by atoms with E-state index in [9.17, 15) is 4.79 Å². The highest BCUT2D eigenvalue weighted by Gasteiger charge is 2.26. The summed E-state index contributed by atoms with van der Waals surface area (Å²) in [4.78, 5) is 15.4. The molecule has 0 saturated heterocycles. The molecule has 2 aromatic heterocycles. The van der Waals surface area contributed by atoms with Gasteiger partial charge in [0.2, 0.25) is 5.95 Å². The Morgan fingerprint density at radius 2 is 1.96 bits per heavy atom. The zero-order valence-corrected chi connectivity index (χ0v) is 14.1. The molecule has 0 spiro atoms. The summed E-state index contributed by atoms with van der Waals surface area (Å²) in [6.07, 6.45) is 0. The largest absolute Gasteiger partial charge is 0.309 e. The van der Waals surface area contributed by atoms with Crippen LogP contribution < -0.4 is 10.5 Å². The van der Waals surface area contributed by atoms with E-state index in [0.717, 1.165) is 10.6 Å². The van der Waals surface area contributed by atoms with Crippen LogP contribution >= 0.6 is 34.5 Å². The van der Waals surface area contributed by atoms with Crippen LogP contribution in [0.5, 0.6) is 0 Å². The minimum atomic E-state index is -0.125. The quantitative estimate of drug-likeness (QED) is 0.693. The summed E-state index contributed by atoms with van der Waals surface area (Å²) < 4.78 is 1.64. The van der Waals surface area contributed by atoms with E-state index in [1.54, 1.807) is 16.7 Å². The average molecular weight is 365 g/mol. The third-order valence-electron chi connectivity index (χ3n) is 3.69. The van der Waals surface area contributed by atoms with E-state index >= 15 is 0 Å². The van der Waals surface area contributed by atoms with E-state index in [1.807, 2.05) is 28.5 Å². The molecule has 0 bridgehead atoms. The molecule has 23 heavy (non-hydrogen) atoms. The van der Waals surface area contributed by atoms with Gasteiger partial charge >= 0.3 is 0 Å². The Hall–Kier alpha value is -1.89. The topological polar surface area (TPSA) is 51.0 Å². The second kappa shape index (κ2) is 5.63. The van der Waals surface area contributed by atoms with Crippen molar-refractivity contribution in [2.75, 3.05) is 11.4 Å². The van der Waals surface area contributed by atoms with Crippen molar-refractivity contribution >= 4 is 46.2 Å². The predicted octanol–water partition coefficient (Wildman–Crippen LogP) is 3.83. The average Bonchev–Trinajstić information content (AvgIpc) is 3.20. The standard InChI is InChI=1S/C15H10Cl2N4OS/c16-10-4-3-9(8-11(10)17)20-5-6-21-14(22)13(18-19-15(20)21)12-2-1-7-23-12/h1-4,7-8H,5-6H2. The first-order valence-electron chi connectivity index (χ1n) is 6.89. The van der Waals surface area contributed by atoms with E-state index in [1.165, 1.54) is 11.3 Å². The lowest BCUT2D eigenvalue weighted by atomic mass is 10.3. The Bertz CT molecular complexity index is 939. The van der Waals surface area contributed by atoms with Gasteiger partial charge < -0.3 is 4.90 Å². The van der Waals surface area contributed by atoms with Crippen molar-refractivity contribution in [3.8, 4) is 10.6 Å². The molecule has 1 aliphatic rings. The van der Waals surface area contributed by atoms with Crippen LogP contribution in [0.25, 0.3) is 10.6 Å². The second-order valence-corrected chi connectivity index (χ2v) is 6.79. The van der Waals surface area contributed by atoms with Crippen LogP contribution in [-0.4, -0.2) is 21.3 Å². The maximum Gasteiger partial charge on any atom is 0.282 e. The summed E-state index contributed by atoms with van der Waals surface area (Å²) in [5.41, 5.74) is 1.10. The number of anilines is 2. The van der Waals surface area contributed by atoms with E-state index in [-0.39, 0.29) is 5.56 Å². The number of halogens is 2. The minimum Gasteiger partial charge on any atom is -0.309 e. The second-order valence-electron chi connectivity index (χ2n) is 5.03. The number of nitrogens with zero attached hydrogens (tertiary/aromatic N) is 4. The maximum atomic E-state index is 12.7. The van der Waals surface area contributed by atoms with Crippen molar-refractivity contribution in [3.05, 3.63) is 56.1 Å². The number of aromatic nitrogens is 3. The zero-order valence-electron chi connectivity index (χ0n) is 11.7. The Kier molecular flexibility index (Phi) is 3.60. The summed E-state index contributed by atoms with van der Waals surface area (Å²) >= 11 is 13.5. The van der Waals surface area contributed by atoms with Crippen LogP contribution in [0.2, 0.25) is 10.0 Å². The molecule has 116 valence electrons. The highest BCUT2D eigenvalue weighted by Crippen LogP contribution is 2.32. The molecule has 0 aliphatic carbocycles. The number of benzene rings is 1. The molecule has 0 radical (unpaired) electrons. The normalized spacial score (nSPS) is 13.4. The molecule has 0 N–H and O–H groups in total. The first kappa shape index (κ1) is 14.7. The van der Waals surface area contributed by atoms with Crippen LogP contribution in [0.15, 0.2) is 40.5 Å². The van der Waals surface area contributed by atoms with Gasteiger partial charge in [0.1, 0.15) is 0 Å². The van der Waals surface area contributed by atoms with E-state index < -0.39 is 0 Å². The third-order valence-corrected chi connectivity index (χ3v) is 5.30. The highest BCUT2D eigenvalue weighted by atomic mass is 35.5. The van der Waals surface area contributed by atoms with Gasteiger partial charge in [-0.05, 0) is 29.6 Å². The van der Waals surface area contributed by atoms with Crippen molar-refractivity contribution in [1.82, 2.24) is 14.8 Å². The Morgan fingerprint density at radius 1 is 1.09 bits per heavy atom. The van der Waals surface area contributed by atoms with Gasteiger partial charge in [0, 0.05) is 18.8 Å². The summed E-state index contributed by atoms with van der Waals surface area (Å²) in [5.74, 6) is 0.522. The Morgan fingerprint density at radius 3 is 2.70 bits per heavy atom. The minimum absolute atomic E-state index is 0.125. The lowest BCUT2D eigenvalue weighted by molar-refractivity contribution is 0.743. The summed E-state index contributed by atoms with van der Waals surface area (Å²) in [7, 11) is 0. The van der Waals surface area contributed by atoms with Crippen molar-refractivity contribution < 1.29 is 0 Å². The van der Waals surface area contributed by atoms with Crippen LogP contribution in [0.1, 0.15) is 0 Å². The van der Waals surface area contributed by atoms with Crippen LogP contribution in [0.4, 0.5) is 11.6 Å². The fraction of sp³-hybridized carbons (Fsp3) is 0.133. The van der Waals surface area contributed by atoms with Crippen LogP contribution in [-0.2, 0) is 6.54 Å². The van der Waals surface area contributed by atoms with E-state index in [2.05, 4.69) is 10.2 Å². The molecule has 4 rings (SSSR count). The molecule has 0 amide bonds. The zero-order chi connectivity index (χ0) is 16.0. The summed E-state index contributed by atoms with van der Waals surface area (Å²) in [5, 5.41) is 11.3. The predicted molar refractivity (Wildman–Crippen MR) is 93.1 cm³/mol. The maximum absolute atomic E-state index is 12.7. The molecule has 3 aromatic rings. The molecule has 5 nitrogen and oxygen atoms in total. The lowest BCUT2D eigenvalue weighted by Gasteiger charge is -2.17. The Balaban J connectivity index is 1.79. The number of hydrogen-bond donors (Lipinski definition) is 0. The van der Waals surface area contributed by atoms with Gasteiger partial charge in [-0.1, -0.05) is 29.3 Å². The molecule has 0 unspecified atom stereocenters. The number of hydrogen-bond acceptors (Lipinski definition) is 5. The number of thiophene rings is 1. The van der Waals surface area contributed by atoms with E-state index in [0.29, 0.717) is 34.8 Å². The third kappa shape index (κ3) is 2.43. The first-order chi connectivity index (χ1) is 11.1. The van der Waals surface area contributed by atoms with Gasteiger partial charge in [-0.25, -0.2) is 0 Å². The number of rotatable bonds is 2. The fourth-order valence-electron chi connectivity index (χ4n) is 2.58. The number of fused-ring (bicyclic) bond motifs is 1. The lowest BCUT2D eigenvalue weighted by Crippen LogP contribution is -2.23. The Labute approximate surface area is 145 Å². The van der Waals surface area contributed by atoms with Gasteiger partial charge in [0.05, 0.1) is 14.9 Å². The van der Waals surface area contributed by atoms with Gasteiger partial charge in [-0.3, -0.25) is 9.36 Å². The van der Waals surface area contributed by atoms with Gasteiger partial charge in [0.25, 0.3) is 5.56 Å². The van der Waals surface area contributed by atoms with Crippen molar-refractivity contribution in [2.24, 2.45) is 0 Å². The van der Waals surface area contributed by atoms with Gasteiger partial charge in [-0.15, -0.1) is 21.5 Å². The van der Waals surface area contributed by atoms with E-state index in [4.69, 9.17) is 23.2 Å². The monoisotopic (exact) mass is 364 g/mol. The SMILES string of the molecule is O=c1c(-c2cccs2)nnc2n1CCN2c1ccc(Cl)c(Cl)c1. The highest BCUT2D eigenvalue weighted by molar-refractivity contribution is 7.13. The molecular weight excluding hydrogens is 355 g/mol.